The van der Waals surface area contributed by atoms with E-state index in [-0.39, 0.29) is 6.61 Å². The molecule has 0 atom stereocenters. The second-order valence-corrected chi connectivity index (χ2v) is 6.33. The van der Waals surface area contributed by atoms with Gasteiger partial charge in [0.05, 0.1) is 0 Å². The molecule has 0 aliphatic rings. The molecule has 0 bridgehead atoms. The second-order valence-electron chi connectivity index (χ2n) is 4.56. The molecule has 0 aliphatic heterocycles. The predicted molar refractivity (Wildman–Crippen MR) is 94.7 cm³/mol. The van der Waals surface area contributed by atoms with Crippen LogP contribution < -0.4 is 10.1 Å². The van der Waals surface area contributed by atoms with Crippen molar-refractivity contribution in [2.24, 2.45) is 0 Å². The Bertz CT molecular complexity index is 677. The SMILES string of the molecule is C#CCOc1ccc(Br)cc1CNc1ccc(Br)c(C)c1. The van der Waals surface area contributed by atoms with Crippen LogP contribution in [0.2, 0.25) is 0 Å². The van der Waals surface area contributed by atoms with Crippen LogP contribution in [-0.2, 0) is 6.54 Å². The Morgan fingerprint density at radius 2 is 2.00 bits per heavy atom. The third kappa shape index (κ3) is 4.52. The predicted octanol–water partition coefficient (Wildman–Crippen LogP) is 5.14. The fourth-order valence-electron chi connectivity index (χ4n) is 1.90. The molecule has 2 nitrogen and oxygen atoms in total. The molecule has 0 unspecified atom stereocenters. The fourth-order valence-corrected chi connectivity index (χ4v) is 2.55. The fraction of sp³-hybridized carbons (Fsp3) is 0.176. The molecule has 0 heterocycles. The number of aryl methyl sites for hydroxylation is 1. The number of ether oxygens (including phenoxy) is 1. The van der Waals surface area contributed by atoms with Gasteiger partial charge in [-0.25, -0.2) is 0 Å². The number of hydrogen-bond donors (Lipinski definition) is 1. The van der Waals surface area contributed by atoms with E-state index < -0.39 is 0 Å². The molecule has 0 aromatic heterocycles. The van der Waals surface area contributed by atoms with E-state index in [1.807, 2.05) is 30.3 Å². The van der Waals surface area contributed by atoms with E-state index in [0.717, 1.165) is 25.9 Å². The summed E-state index contributed by atoms with van der Waals surface area (Å²) >= 11 is 6.98. The number of benzene rings is 2. The number of anilines is 1. The Morgan fingerprint density at radius 3 is 2.71 bits per heavy atom. The molecule has 2 aromatic rings. The summed E-state index contributed by atoms with van der Waals surface area (Å²) in [7, 11) is 0. The second kappa shape index (κ2) is 7.53. The highest BCUT2D eigenvalue weighted by atomic mass is 79.9. The van der Waals surface area contributed by atoms with Crippen LogP contribution in [-0.4, -0.2) is 6.61 Å². The topological polar surface area (TPSA) is 21.3 Å². The van der Waals surface area contributed by atoms with Gasteiger partial charge in [0.15, 0.2) is 0 Å². The first-order valence-electron chi connectivity index (χ1n) is 6.45. The monoisotopic (exact) mass is 407 g/mol. The number of rotatable bonds is 5. The van der Waals surface area contributed by atoms with Crippen LogP contribution in [0.3, 0.4) is 0 Å². The molecular weight excluding hydrogens is 394 g/mol. The molecule has 0 amide bonds. The van der Waals surface area contributed by atoms with E-state index in [9.17, 15) is 0 Å². The third-order valence-electron chi connectivity index (χ3n) is 2.97. The highest BCUT2D eigenvalue weighted by molar-refractivity contribution is 9.10. The molecule has 1 N–H and O–H groups in total. The highest BCUT2D eigenvalue weighted by Gasteiger charge is 2.05. The minimum Gasteiger partial charge on any atom is -0.481 e. The Morgan fingerprint density at radius 1 is 1.19 bits per heavy atom. The smallest absolute Gasteiger partial charge is 0.148 e. The minimum atomic E-state index is 0.270. The summed E-state index contributed by atoms with van der Waals surface area (Å²) in [5.74, 6) is 3.29. The van der Waals surface area contributed by atoms with Gasteiger partial charge in [0.2, 0.25) is 0 Å². The van der Waals surface area contributed by atoms with Gasteiger partial charge in [0.1, 0.15) is 12.4 Å². The van der Waals surface area contributed by atoms with Crippen LogP contribution >= 0.6 is 31.9 Å². The molecule has 0 saturated carbocycles. The zero-order valence-electron chi connectivity index (χ0n) is 11.6. The maximum absolute atomic E-state index is 5.57. The number of hydrogen-bond acceptors (Lipinski definition) is 2. The molecule has 108 valence electrons. The summed E-state index contributed by atoms with van der Waals surface area (Å²) in [4.78, 5) is 0. The lowest BCUT2D eigenvalue weighted by molar-refractivity contribution is 0.366. The van der Waals surface area contributed by atoms with E-state index in [0.29, 0.717) is 6.54 Å². The number of nitrogens with one attached hydrogen (secondary N) is 1. The molecule has 4 heteroatoms. The van der Waals surface area contributed by atoms with Crippen LogP contribution in [0.25, 0.3) is 0 Å². The molecule has 0 saturated heterocycles. The zero-order chi connectivity index (χ0) is 15.2. The average molecular weight is 409 g/mol. The number of halogens is 2. The third-order valence-corrected chi connectivity index (χ3v) is 4.36. The van der Waals surface area contributed by atoms with Gasteiger partial charge < -0.3 is 10.1 Å². The van der Waals surface area contributed by atoms with Crippen LogP contribution in [0.4, 0.5) is 5.69 Å². The lowest BCUT2D eigenvalue weighted by Crippen LogP contribution is -2.04. The molecule has 0 fully saturated rings. The van der Waals surface area contributed by atoms with Crippen molar-refractivity contribution in [2.45, 2.75) is 13.5 Å². The lowest BCUT2D eigenvalue weighted by atomic mass is 10.2. The van der Waals surface area contributed by atoms with E-state index in [2.05, 4.69) is 56.1 Å². The summed E-state index contributed by atoms with van der Waals surface area (Å²) < 4.78 is 7.69. The van der Waals surface area contributed by atoms with Gasteiger partial charge in [-0.3, -0.25) is 0 Å². The summed E-state index contributed by atoms with van der Waals surface area (Å²) in [5, 5.41) is 3.40. The van der Waals surface area contributed by atoms with Crippen LogP contribution in [0.1, 0.15) is 11.1 Å². The van der Waals surface area contributed by atoms with Gasteiger partial charge >= 0.3 is 0 Å². The maximum Gasteiger partial charge on any atom is 0.148 e. The first-order chi connectivity index (χ1) is 10.1. The van der Waals surface area contributed by atoms with Crippen molar-refractivity contribution in [2.75, 3.05) is 11.9 Å². The van der Waals surface area contributed by atoms with E-state index in [4.69, 9.17) is 11.2 Å². The van der Waals surface area contributed by atoms with Crippen LogP contribution in [0, 0.1) is 19.3 Å². The summed E-state index contributed by atoms with van der Waals surface area (Å²) in [6.07, 6.45) is 5.25. The Hall–Kier alpha value is -1.44. The van der Waals surface area contributed by atoms with Crippen molar-refractivity contribution in [3.8, 4) is 18.1 Å². The van der Waals surface area contributed by atoms with Crippen molar-refractivity contribution in [3.05, 3.63) is 56.5 Å². The normalized spacial score (nSPS) is 10.0. The van der Waals surface area contributed by atoms with Crippen molar-refractivity contribution in [3.63, 3.8) is 0 Å². The van der Waals surface area contributed by atoms with Crippen LogP contribution in [0.15, 0.2) is 45.3 Å². The van der Waals surface area contributed by atoms with Crippen molar-refractivity contribution in [1.82, 2.24) is 0 Å². The molecule has 0 aliphatic carbocycles. The first-order valence-corrected chi connectivity index (χ1v) is 8.03. The summed E-state index contributed by atoms with van der Waals surface area (Å²) in [5.41, 5.74) is 3.32. The largest absolute Gasteiger partial charge is 0.481 e. The van der Waals surface area contributed by atoms with Crippen molar-refractivity contribution < 1.29 is 4.74 Å². The standard InChI is InChI=1S/C17H15Br2NO/c1-3-8-21-17-7-4-14(18)10-13(17)11-20-15-5-6-16(19)12(2)9-15/h1,4-7,9-10,20H,8,11H2,2H3. The molecular formula is C17H15Br2NO. The van der Waals surface area contributed by atoms with E-state index >= 15 is 0 Å². The maximum atomic E-state index is 5.57. The van der Waals surface area contributed by atoms with Gasteiger partial charge in [-0.15, -0.1) is 6.42 Å². The van der Waals surface area contributed by atoms with Crippen LogP contribution in [0.5, 0.6) is 5.75 Å². The first kappa shape index (κ1) is 15.9. The van der Waals surface area contributed by atoms with E-state index in [1.54, 1.807) is 0 Å². The minimum absolute atomic E-state index is 0.270. The Labute approximate surface area is 142 Å². The molecule has 0 radical (unpaired) electrons. The average Bonchev–Trinajstić information content (AvgIpc) is 2.47. The van der Waals surface area contributed by atoms with E-state index in [1.165, 1.54) is 5.56 Å². The summed E-state index contributed by atoms with van der Waals surface area (Å²) in [6, 6.07) is 12.1. The summed E-state index contributed by atoms with van der Waals surface area (Å²) in [6.45, 7) is 3.00. The van der Waals surface area contributed by atoms with Crippen molar-refractivity contribution >= 4 is 37.5 Å². The van der Waals surface area contributed by atoms with Gasteiger partial charge in [0.25, 0.3) is 0 Å². The van der Waals surface area contributed by atoms with Gasteiger partial charge in [0, 0.05) is 26.7 Å². The zero-order valence-corrected chi connectivity index (χ0v) is 14.8. The van der Waals surface area contributed by atoms with Gasteiger partial charge in [-0.2, -0.15) is 0 Å². The Kier molecular flexibility index (Phi) is 5.72. The quantitative estimate of drug-likeness (QED) is 0.691. The van der Waals surface area contributed by atoms with Gasteiger partial charge in [-0.1, -0.05) is 37.8 Å². The molecule has 0 spiro atoms. The van der Waals surface area contributed by atoms with Gasteiger partial charge in [-0.05, 0) is 48.9 Å². The highest BCUT2D eigenvalue weighted by Crippen LogP contribution is 2.25. The lowest BCUT2D eigenvalue weighted by Gasteiger charge is -2.13. The Balaban J connectivity index is 2.13. The number of terminal acetylenes is 1. The molecule has 2 rings (SSSR count). The van der Waals surface area contributed by atoms with Crippen molar-refractivity contribution in [1.29, 1.82) is 0 Å². The molecule has 21 heavy (non-hydrogen) atoms. The molecule has 2 aromatic carbocycles.